The molecular formula is C13H11BrOS. The molecular weight excluding hydrogens is 284 g/mol. The van der Waals surface area contributed by atoms with Crippen LogP contribution in [0.15, 0.2) is 46.9 Å². The standard InChI is InChI=1S/C13H11BrOS/c14-11-5-3-10(4-6-11)13-8-7-12(16-13)2-1-9-15/h1-8,15H,9H2. The Balaban J connectivity index is 2.24. The van der Waals surface area contributed by atoms with E-state index < -0.39 is 0 Å². The first-order valence-electron chi connectivity index (χ1n) is 4.93. The Morgan fingerprint density at radius 2 is 1.88 bits per heavy atom. The Labute approximate surface area is 107 Å². The van der Waals surface area contributed by atoms with Crippen LogP contribution in [0.2, 0.25) is 0 Å². The zero-order valence-electron chi connectivity index (χ0n) is 8.56. The molecule has 3 heteroatoms. The monoisotopic (exact) mass is 294 g/mol. The zero-order valence-corrected chi connectivity index (χ0v) is 11.0. The van der Waals surface area contributed by atoms with Crippen LogP contribution in [-0.4, -0.2) is 11.7 Å². The highest BCUT2D eigenvalue weighted by molar-refractivity contribution is 9.10. The van der Waals surface area contributed by atoms with E-state index in [4.69, 9.17) is 5.11 Å². The molecule has 0 bridgehead atoms. The van der Waals surface area contributed by atoms with Crippen molar-refractivity contribution in [1.82, 2.24) is 0 Å². The third kappa shape index (κ3) is 2.82. The minimum atomic E-state index is 0.0888. The average Bonchev–Trinajstić information content (AvgIpc) is 2.76. The Kier molecular flexibility index (Phi) is 3.93. The van der Waals surface area contributed by atoms with Crippen LogP contribution in [-0.2, 0) is 0 Å². The average molecular weight is 295 g/mol. The van der Waals surface area contributed by atoms with E-state index in [0.717, 1.165) is 9.35 Å². The molecule has 0 fully saturated rings. The van der Waals surface area contributed by atoms with E-state index in [-0.39, 0.29) is 6.61 Å². The van der Waals surface area contributed by atoms with Crippen LogP contribution in [0, 0.1) is 0 Å². The number of hydrogen-bond acceptors (Lipinski definition) is 2. The molecule has 82 valence electrons. The molecule has 1 heterocycles. The first kappa shape index (κ1) is 11.6. The van der Waals surface area contributed by atoms with Gasteiger partial charge in [0, 0.05) is 14.2 Å². The molecule has 0 amide bonds. The number of aliphatic hydroxyl groups excluding tert-OH is 1. The number of halogens is 1. The molecule has 0 atom stereocenters. The molecule has 0 radical (unpaired) electrons. The number of hydrogen-bond donors (Lipinski definition) is 1. The van der Waals surface area contributed by atoms with Crippen LogP contribution in [0.25, 0.3) is 16.5 Å². The van der Waals surface area contributed by atoms with Gasteiger partial charge in [0.25, 0.3) is 0 Å². The lowest BCUT2D eigenvalue weighted by atomic mass is 10.2. The van der Waals surface area contributed by atoms with Crippen molar-refractivity contribution in [3.05, 3.63) is 51.8 Å². The van der Waals surface area contributed by atoms with Gasteiger partial charge >= 0.3 is 0 Å². The van der Waals surface area contributed by atoms with Gasteiger partial charge in [0.05, 0.1) is 6.61 Å². The quantitative estimate of drug-likeness (QED) is 0.900. The maximum absolute atomic E-state index is 8.69. The summed E-state index contributed by atoms with van der Waals surface area (Å²) in [7, 11) is 0. The lowest BCUT2D eigenvalue weighted by Gasteiger charge is -1.96. The summed E-state index contributed by atoms with van der Waals surface area (Å²) in [5.74, 6) is 0. The summed E-state index contributed by atoms with van der Waals surface area (Å²) >= 11 is 5.14. The zero-order chi connectivity index (χ0) is 11.4. The predicted molar refractivity (Wildman–Crippen MR) is 73.6 cm³/mol. The summed E-state index contributed by atoms with van der Waals surface area (Å²) < 4.78 is 1.09. The van der Waals surface area contributed by atoms with Crippen LogP contribution in [0.5, 0.6) is 0 Å². The molecule has 1 aromatic heterocycles. The largest absolute Gasteiger partial charge is 0.392 e. The molecule has 2 rings (SSSR count). The Morgan fingerprint density at radius 1 is 1.12 bits per heavy atom. The minimum Gasteiger partial charge on any atom is -0.392 e. The fourth-order valence-corrected chi connectivity index (χ4v) is 2.59. The summed E-state index contributed by atoms with van der Waals surface area (Å²) in [5.41, 5.74) is 1.22. The van der Waals surface area contributed by atoms with E-state index in [2.05, 4.69) is 40.2 Å². The van der Waals surface area contributed by atoms with Crippen molar-refractivity contribution in [2.75, 3.05) is 6.61 Å². The molecule has 0 saturated carbocycles. The Morgan fingerprint density at radius 3 is 2.56 bits per heavy atom. The molecule has 0 spiro atoms. The lowest BCUT2D eigenvalue weighted by Crippen LogP contribution is -1.70. The lowest BCUT2D eigenvalue weighted by molar-refractivity contribution is 0.343. The second-order valence-electron chi connectivity index (χ2n) is 3.29. The van der Waals surface area contributed by atoms with Crippen molar-refractivity contribution in [3.8, 4) is 10.4 Å². The normalized spacial score (nSPS) is 11.1. The molecule has 0 aliphatic heterocycles. The van der Waals surface area contributed by atoms with Crippen LogP contribution in [0.1, 0.15) is 4.88 Å². The highest BCUT2D eigenvalue weighted by Gasteiger charge is 2.00. The van der Waals surface area contributed by atoms with Crippen molar-refractivity contribution in [2.45, 2.75) is 0 Å². The van der Waals surface area contributed by atoms with E-state index in [1.54, 1.807) is 17.4 Å². The highest BCUT2D eigenvalue weighted by Crippen LogP contribution is 2.29. The van der Waals surface area contributed by atoms with Crippen molar-refractivity contribution in [3.63, 3.8) is 0 Å². The Hall–Kier alpha value is -0.900. The maximum atomic E-state index is 8.69. The van der Waals surface area contributed by atoms with Crippen molar-refractivity contribution < 1.29 is 5.11 Å². The highest BCUT2D eigenvalue weighted by atomic mass is 79.9. The molecule has 1 N–H and O–H groups in total. The molecule has 0 aliphatic carbocycles. The van der Waals surface area contributed by atoms with Gasteiger partial charge < -0.3 is 5.11 Å². The molecule has 0 aliphatic rings. The second kappa shape index (κ2) is 5.43. The van der Waals surface area contributed by atoms with Gasteiger partial charge in [-0.05, 0) is 35.9 Å². The molecule has 1 aromatic carbocycles. The first-order chi connectivity index (χ1) is 7.79. The third-order valence-electron chi connectivity index (χ3n) is 2.14. The maximum Gasteiger partial charge on any atom is 0.0615 e. The molecule has 0 unspecified atom stereocenters. The topological polar surface area (TPSA) is 20.2 Å². The van der Waals surface area contributed by atoms with Crippen LogP contribution >= 0.6 is 27.3 Å². The number of rotatable bonds is 3. The summed E-state index contributed by atoms with van der Waals surface area (Å²) in [6.45, 7) is 0.0888. The minimum absolute atomic E-state index is 0.0888. The Bertz CT molecular complexity index is 485. The smallest absolute Gasteiger partial charge is 0.0615 e. The molecule has 2 aromatic rings. The van der Waals surface area contributed by atoms with E-state index in [0.29, 0.717) is 0 Å². The first-order valence-corrected chi connectivity index (χ1v) is 6.54. The third-order valence-corrected chi connectivity index (χ3v) is 3.77. The van der Waals surface area contributed by atoms with E-state index in [1.807, 2.05) is 18.2 Å². The fraction of sp³-hybridized carbons (Fsp3) is 0.0769. The van der Waals surface area contributed by atoms with Gasteiger partial charge in [-0.3, -0.25) is 0 Å². The van der Waals surface area contributed by atoms with Crippen molar-refractivity contribution in [2.24, 2.45) is 0 Å². The van der Waals surface area contributed by atoms with Gasteiger partial charge in [-0.1, -0.05) is 34.1 Å². The molecule has 16 heavy (non-hydrogen) atoms. The van der Waals surface area contributed by atoms with Gasteiger partial charge in [0.1, 0.15) is 0 Å². The van der Waals surface area contributed by atoms with Crippen molar-refractivity contribution in [1.29, 1.82) is 0 Å². The van der Waals surface area contributed by atoms with Crippen LogP contribution in [0.4, 0.5) is 0 Å². The van der Waals surface area contributed by atoms with Crippen LogP contribution in [0.3, 0.4) is 0 Å². The van der Waals surface area contributed by atoms with E-state index in [9.17, 15) is 0 Å². The van der Waals surface area contributed by atoms with Gasteiger partial charge in [0.2, 0.25) is 0 Å². The van der Waals surface area contributed by atoms with Crippen molar-refractivity contribution >= 4 is 33.3 Å². The van der Waals surface area contributed by atoms with Crippen LogP contribution < -0.4 is 0 Å². The van der Waals surface area contributed by atoms with Gasteiger partial charge in [-0.25, -0.2) is 0 Å². The van der Waals surface area contributed by atoms with E-state index >= 15 is 0 Å². The second-order valence-corrected chi connectivity index (χ2v) is 5.32. The summed E-state index contributed by atoms with van der Waals surface area (Å²) in [4.78, 5) is 2.40. The number of benzene rings is 1. The summed E-state index contributed by atoms with van der Waals surface area (Å²) in [5, 5.41) is 8.69. The van der Waals surface area contributed by atoms with Gasteiger partial charge in [-0.15, -0.1) is 11.3 Å². The number of aliphatic hydroxyl groups is 1. The van der Waals surface area contributed by atoms with E-state index in [1.165, 1.54) is 10.4 Å². The predicted octanol–water partition coefficient (Wildman–Crippen LogP) is 4.18. The molecule has 0 saturated heterocycles. The molecule has 1 nitrogen and oxygen atoms in total. The summed E-state index contributed by atoms with van der Waals surface area (Å²) in [6.07, 6.45) is 3.68. The SMILES string of the molecule is OCC=Cc1ccc(-c2ccc(Br)cc2)s1. The fourth-order valence-electron chi connectivity index (χ4n) is 1.38. The van der Waals surface area contributed by atoms with Gasteiger partial charge in [-0.2, -0.15) is 0 Å². The summed E-state index contributed by atoms with van der Waals surface area (Å²) in [6, 6.07) is 12.4. The number of thiophene rings is 1. The van der Waals surface area contributed by atoms with Gasteiger partial charge in [0.15, 0.2) is 0 Å².